The third-order valence-electron chi connectivity index (χ3n) is 4.93. The number of ether oxygens (including phenoxy) is 1. The number of anilines is 2. The smallest absolute Gasteiger partial charge is 0.272 e. The van der Waals surface area contributed by atoms with Crippen molar-refractivity contribution < 1.29 is 18.8 Å². The van der Waals surface area contributed by atoms with Gasteiger partial charge in [0.15, 0.2) is 5.75 Å². The number of phenolic OH excluding ortho intramolecular Hbond substituents is 1. The van der Waals surface area contributed by atoms with Gasteiger partial charge >= 0.3 is 0 Å². The predicted molar refractivity (Wildman–Crippen MR) is 122 cm³/mol. The van der Waals surface area contributed by atoms with E-state index in [1.807, 2.05) is 18.2 Å². The van der Waals surface area contributed by atoms with Gasteiger partial charge in [0.2, 0.25) is 0 Å². The summed E-state index contributed by atoms with van der Waals surface area (Å²) < 4.78 is 21.9. The maximum atomic E-state index is 13.1. The summed E-state index contributed by atoms with van der Waals surface area (Å²) in [6.07, 6.45) is 1.53. The van der Waals surface area contributed by atoms with Gasteiger partial charge in [-0.1, -0.05) is 32.9 Å². The molecule has 0 fully saturated rings. The average Bonchev–Trinajstić information content (AvgIpc) is 2.98. The van der Waals surface area contributed by atoms with Gasteiger partial charge in [0.25, 0.3) is 5.91 Å². The number of nitrogens with zero attached hydrogens (tertiary/aromatic N) is 1. The molecule has 1 atom stereocenters. The highest BCUT2D eigenvalue weighted by molar-refractivity contribution is 7.85. The van der Waals surface area contributed by atoms with Crippen molar-refractivity contribution in [2.24, 2.45) is 7.05 Å². The third-order valence-corrected chi connectivity index (χ3v) is 5.44. The molecular formula is C22H27N3O4S. The van der Waals surface area contributed by atoms with Gasteiger partial charge in [-0.05, 0) is 35.2 Å². The molecule has 2 aromatic carbocycles. The molecule has 3 aromatic rings. The molecule has 3 rings (SSSR count). The van der Waals surface area contributed by atoms with Crippen LogP contribution in [0.3, 0.4) is 0 Å². The second-order valence-electron chi connectivity index (χ2n) is 8.17. The molecule has 1 unspecified atom stereocenters. The van der Waals surface area contributed by atoms with Gasteiger partial charge in [0, 0.05) is 18.7 Å². The fourth-order valence-corrected chi connectivity index (χ4v) is 3.87. The molecule has 0 spiro atoms. The van der Waals surface area contributed by atoms with E-state index in [0.717, 1.165) is 10.9 Å². The molecule has 1 amide bonds. The van der Waals surface area contributed by atoms with Crippen LogP contribution in [-0.4, -0.2) is 33.2 Å². The number of hydrogen-bond donors (Lipinski definition) is 3. The van der Waals surface area contributed by atoms with Gasteiger partial charge in [-0.3, -0.25) is 4.79 Å². The summed E-state index contributed by atoms with van der Waals surface area (Å²) in [7, 11) is 1.92. The van der Waals surface area contributed by atoms with Gasteiger partial charge in [-0.2, -0.15) is 0 Å². The molecule has 1 heterocycles. The minimum Gasteiger partial charge on any atom is -0.506 e. The zero-order valence-corrected chi connectivity index (χ0v) is 18.8. The molecule has 0 aliphatic rings. The lowest BCUT2D eigenvalue weighted by Crippen LogP contribution is -2.18. The number of nitrogens with one attached hydrogen (secondary N) is 2. The van der Waals surface area contributed by atoms with Crippen molar-refractivity contribution in [2.45, 2.75) is 26.2 Å². The number of aryl methyl sites for hydroxylation is 1. The molecular weight excluding hydrogens is 402 g/mol. The predicted octanol–water partition coefficient (Wildman–Crippen LogP) is 4.15. The first-order valence-electron chi connectivity index (χ1n) is 9.44. The van der Waals surface area contributed by atoms with Crippen LogP contribution in [0.2, 0.25) is 0 Å². The highest BCUT2D eigenvalue weighted by atomic mass is 32.2. The number of amides is 1. The fourth-order valence-electron chi connectivity index (χ4n) is 3.40. The molecule has 0 bridgehead atoms. The fraction of sp³-hybridized carbons (Fsp3) is 0.318. The van der Waals surface area contributed by atoms with Crippen molar-refractivity contribution in [3.8, 4) is 11.5 Å². The van der Waals surface area contributed by atoms with Crippen LogP contribution < -0.4 is 14.8 Å². The number of rotatable bonds is 5. The van der Waals surface area contributed by atoms with E-state index < -0.39 is 11.0 Å². The second kappa shape index (κ2) is 8.02. The summed E-state index contributed by atoms with van der Waals surface area (Å²) in [6.45, 7) is 6.17. The molecule has 0 aliphatic carbocycles. The van der Waals surface area contributed by atoms with Crippen LogP contribution in [0.1, 0.15) is 36.8 Å². The van der Waals surface area contributed by atoms with Crippen LogP contribution in [0.15, 0.2) is 36.4 Å². The Morgan fingerprint density at radius 3 is 2.40 bits per heavy atom. The maximum absolute atomic E-state index is 13.1. The first kappa shape index (κ1) is 21.7. The number of benzene rings is 2. The molecule has 0 saturated heterocycles. The Morgan fingerprint density at radius 2 is 1.83 bits per heavy atom. The quantitative estimate of drug-likeness (QED) is 0.568. The number of para-hydroxylation sites is 1. The van der Waals surface area contributed by atoms with E-state index in [1.54, 1.807) is 29.8 Å². The first-order chi connectivity index (χ1) is 14.0. The number of phenols is 1. The van der Waals surface area contributed by atoms with Crippen molar-refractivity contribution in [3.63, 3.8) is 0 Å². The van der Waals surface area contributed by atoms with Gasteiger partial charge in [0.1, 0.15) is 22.4 Å². The van der Waals surface area contributed by atoms with E-state index in [0.29, 0.717) is 28.3 Å². The monoisotopic (exact) mass is 429 g/mol. The molecule has 3 N–H and O–H groups in total. The zero-order valence-electron chi connectivity index (χ0n) is 18.0. The van der Waals surface area contributed by atoms with E-state index >= 15 is 0 Å². The molecule has 8 heteroatoms. The summed E-state index contributed by atoms with van der Waals surface area (Å²) >= 11 is 0. The highest BCUT2D eigenvalue weighted by Gasteiger charge is 2.23. The van der Waals surface area contributed by atoms with Crippen LogP contribution in [0, 0.1) is 0 Å². The van der Waals surface area contributed by atoms with Gasteiger partial charge in [-0.25, -0.2) is 4.21 Å². The van der Waals surface area contributed by atoms with E-state index in [-0.39, 0.29) is 17.1 Å². The van der Waals surface area contributed by atoms with Crippen LogP contribution in [0.25, 0.3) is 10.9 Å². The molecule has 0 aliphatic heterocycles. The largest absolute Gasteiger partial charge is 0.506 e. The summed E-state index contributed by atoms with van der Waals surface area (Å²) in [5.41, 5.74) is 2.72. The van der Waals surface area contributed by atoms with Crippen LogP contribution in [-0.2, 0) is 23.4 Å². The normalized spacial score (nSPS) is 12.6. The van der Waals surface area contributed by atoms with E-state index in [9.17, 15) is 14.1 Å². The second-order valence-corrected chi connectivity index (χ2v) is 9.28. The van der Waals surface area contributed by atoms with E-state index in [4.69, 9.17) is 4.74 Å². The molecule has 7 nitrogen and oxygen atoms in total. The van der Waals surface area contributed by atoms with E-state index in [2.05, 4.69) is 30.8 Å². The van der Waals surface area contributed by atoms with Crippen molar-refractivity contribution in [1.82, 2.24) is 4.57 Å². The number of methoxy groups -OCH3 is 1. The highest BCUT2D eigenvalue weighted by Crippen LogP contribution is 2.39. The topological polar surface area (TPSA) is 92.6 Å². The Labute approximate surface area is 178 Å². The number of hydrogen-bond acceptors (Lipinski definition) is 4. The van der Waals surface area contributed by atoms with Crippen molar-refractivity contribution in [1.29, 1.82) is 0 Å². The van der Waals surface area contributed by atoms with E-state index in [1.165, 1.54) is 13.4 Å². The third kappa shape index (κ3) is 4.14. The lowest BCUT2D eigenvalue weighted by atomic mass is 9.86. The molecule has 160 valence electrons. The van der Waals surface area contributed by atoms with Crippen molar-refractivity contribution in [2.75, 3.05) is 23.4 Å². The summed E-state index contributed by atoms with van der Waals surface area (Å²) in [5.74, 6) is 0.160. The number of aromatic nitrogens is 1. The zero-order chi connectivity index (χ0) is 22.2. The Kier molecular flexibility index (Phi) is 5.81. The van der Waals surface area contributed by atoms with Gasteiger partial charge in [-0.15, -0.1) is 0 Å². The van der Waals surface area contributed by atoms with Crippen molar-refractivity contribution >= 4 is 39.2 Å². The van der Waals surface area contributed by atoms with Crippen LogP contribution in [0.5, 0.6) is 11.5 Å². The summed E-state index contributed by atoms with van der Waals surface area (Å²) in [5, 5.41) is 13.8. The first-order valence-corrected chi connectivity index (χ1v) is 11.0. The Morgan fingerprint density at radius 1 is 1.17 bits per heavy atom. The molecule has 0 saturated carbocycles. The lowest BCUT2D eigenvalue weighted by Gasteiger charge is -2.23. The lowest BCUT2D eigenvalue weighted by molar-refractivity contribution is 0.101. The number of aromatic hydroxyl groups is 1. The molecule has 30 heavy (non-hydrogen) atoms. The minimum atomic E-state index is -1.31. The molecule has 1 aromatic heterocycles. The van der Waals surface area contributed by atoms with Gasteiger partial charge in [0.05, 0.1) is 24.0 Å². The van der Waals surface area contributed by atoms with Crippen LogP contribution in [0.4, 0.5) is 11.4 Å². The Balaban J connectivity index is 2.09. The number of carbonyl (C=O) groups excluding carboxylic acids is 1. The Bertz CT molecular complexity index is 1150. The standard InChI is InChI=1S/C22H27N3O4S/c1-22(2,3)14-11-15(20(29-5)16(12-14)24-30(6)28)23-21(27)17-10-13-8-7-9-18(26)19(13)25(17)4/h7-12,24,26H,1-6H3,(H,23,27). The SMILES string of the molecule is COc1c(NC(=O)c2cc3cccc(O)c3n2C)cc(C(C)(C)C)cc1NS(C)=O. The summed E-state index contributed by atoms with van der Waals surface area (Å²) in [6, 6.07) is 10.6. The van der Waals surface area contributed by atoms with Crippen molar-refractivity contribution in [3.05, 3.63) is 47.7 Å². The Hall–Kier alpha value is -3.00. The van der Waals surface area contributed by atoms with Gasteiger partial charge < -0.3 is 24.4 Å². The number of carbonyl (C=O) groups is 1. The average molecular weight is 430 g/mol. The van der Waals surface area contributed by atoms with Crippen LogP contribution >= 0.6 is 0 Å². The summed E-state index contributed by atoms with van der Waals surface area (Å²) in [4.78, 5) is 13.1. The molecule has 0 radical (unpaired) electrons. The number of fused-ring (bicyclic) bond motifs is 1. The maximum Gasteiger partial charge on any atom is 0.272 e. The minimum absolute atomic E-state index is 0.110.